The molecule has 4 heteroatoms. The minimum atomic E-state index is -0.710. The van der Waals surface area contributed by atoms with Crippen molar-refractivity contribution < 1.29 is 14.6 Å². The van der Waals surface area contributed by atoms with E-state index in [-0.39, 0.29) is 0 Å². The zero-order valence-corrected chi connectivity index (χ0v) is 12.3. The van der Waals surface area contributed by atoms with E-state index in [0.717, 1.165) is 47.9 Å². The van der Waals surface area contributed by atoms with Gasteiger partial charge in [0.1, 0.15) is 5.75 Å². The number of aliphatic carboxylic acids is 1. The minimum absolute atomic E-state index is 0.333. The van der Waals surface area contributed by atoms with Gasteiger partial charge in [0, 0.05) is 0 Å². The van der Waals surface area contributed by atoms with E-state index in [4.69, 9.17) is 4.74 Å². The lowest BCUT2D eigenvalue weighted by atomic mass is 9.64. The Labute approximate surface area is 121 Å². The molecule has 0 saturated heterocycles. The third-order valence-corrected chi connectivity index (χ3v) is 5.07. The fraction of sp³-hybridized carbons (Fsp3) is 0.533. The van der Waals surface area contributed by atoms with Crippen LogP contribution in [-0.2, 0) is 10.2 Å². The summed E-state index contributed by atoms with van der Waals surface area (Å²) in [7, 11) is 0. The average Bonchev–Trinajstić information content (AvgIpc) is 2.23. The second-order valence-corrected chi connectivity index (χ2v) is 6.41. The van der Waals surface area contributed by atoms with E-state index in [2.05, 4.69) is 15.9 Å². The Hall–Kier alpha value is -1.03. The van der Waals surface area contributed by atoms with E-state index in [9.17, 15) is 9.90 Å². The van der Waals surface area contributed by atoms with Crippen molar-refractivity contribution in [3.63, 3.8) is 0 Å². The van der Waals surface area contributed by atoms with E-state index in [1.54, 1.807) is 0 Å². The van der Waals surface area contributed by atoms with Crippen molar-refractivity contribution in [1.29, 1.82) is 0 Å². The second kappa shape index (κ2) is 4.82. The van der Waals surface area contributed by atoms with Gasteiger partial charge in [-0.1, -0.05) is 12.5 Å². The van der Waals surface area contributed by atoms with Gasteiger partial charge in [0.2, 0.25) is 0 Å². The van der Waals surface area contributed by atoms with Crippen molar-refractivity contribution in [2.75, 3.05) is 0 Å². The van der Waals surface area contributed by atoms with E-state index in [0.29, 0.717) is 6.10 Å². The SMILES string of the molecule is O=C(O)C1(c2ccc(OC3CCC3)c(Br)c2)CCC1. The molecule has 0 atom stereocenters. The molecule has 2 saturated carbocycles. The molecule has 1 N–H and O–H groups in total. The van der Waals surface area contributed by atoms with Crippen LogP contribution in [0, 0.1) is 0 Å². The van der Waals surface area contributed by atoms with Crippen LogP contribution in [0.3, 0.4) is 0 Å². The van der Waals surface area contributed by atoms with E-state index < -0.39 is 11.4 Å². The summed E-state index contributed by atoms with van der Waals surface area (Å²) in [6.45, 7) is 0. The first-order valence-corrected chi connectivity index (χ1v) is 7.61. The lowest BCUT2D eigenvalue weighted by molar-refractivity contribution is -0.147. The number of carboxylic acids is 1. The molecule has 0 amide bonds. The molecule has 0 bridgehead atoms. The minimum Gasteiger partial charge on any atom is -0.489 e. The number of ether oxygens (including phenoxy) is 1. The maximum atomic E-state index is 11.5. The lowest BCUT2D eigenvalue weighted by Crippen LogP contribution is -2.42. The molecule has 0 aliphatic heterocycles. The molecule has 3 rings (SSSR count). The standard InChI is InChI=1S/C15H17BrO3/c16-12-9-10(15(14(17)18)7-2-8-15)5-6-13(12)19-11-3-1-4-11/h5-6,9,11H,1-4,7-8H2,(H,17,18). The summed E-state index contributed by atoms with van der Waals surface area (Å²) in [6, 6.07) is 5.73. The number of rotatable bonds is 4. The lowest BCUT2D eigenvalue weighted by Gasteiger charge is -2.38. The Kier molecular flexibility index (Phi) is 3.29. The highest BCUT2D eigenvalue weighted by Crippen LogP contribution is 2.45. The van der Waals surface area contributed by atoms with Gasteiger partial charge in [-0.25, -0.2) is 0 Å². The Morgan fingerprint density at radius 1 is 1.32 bits per heavy atom. The first-order chi connectivity index (χ1) is 9.12. The number of benzene rings is 1. The molecule has 0 unspecified atom stereocenters. The second-order valence-electron chi connectivity index (χ2n) is 5.56. The van der Waals surface area contributed by atoms with E-state index >= 15 is 0 Å². The van der Waals surface area contributed by atoms with Crippen LogP contribution in [0.5, 0.6) is 5.75 Å². The summed E-state index contributed by atoms with van der Waals surface area (Å²) >= 11 is 3.51. The summed E-state index contributed by atoms with van der Waals surface area (Å²) in [6.07, 6.45) is 6.27. The van der Waals surface area contributed by atoms with Crippen LogP contribution in [0.15, 0.2) is 22.7 Å². The first kappa shape index (κ1) is 13.0. The highest BCUT2D eigenvalue weighted by molar-refractivity contribution is 9.10. The third-order valence-electron chi connectivity index (χ3n) is 4.45. The molecule has 102 valence electrons. The highest BCUT2D eigenvalue weighted by atomic mass is 79.9. The topological polar surface area (TPSA) is 46.5 Å². The molecule has 1 aromatic carbocycles. The van der Waals surface area contributed by atoms with Crippen LogP contribution in [0.2, 0.25) is 0 Å². The van der Waals surface area contributed by atoms with Gasteiger partial charge in [0.25, 0.3) is 0 Å². The van der Waals surface area contributed by atoms with Gasteiger partial charge < -0.3 is 9.84 Å². The normalized spacial score (nSPS) is 21.3. The largest absolute Gasteiger partial charge is 0.489 e. The van der Waals surface area contributed by atoms with E-state index in [1.165, 1.54) is 6.42 Å². The molecule has 0 aromatic heterocycles. The monoisotopic (exact) mass is 324 g/mol. The summed E-state index contributed by atoms with van der Waals surface area (Å²) in [5.74, 6) is 0.117. The van der Waals surface area contributed by atoms with E-state index in [1.807, 2.05) is 18.2 Å². The molecule has 2 fully saturated rings. The summed E-state index contributed by atoms with van der Waals surface area (Å²) in [5.41, 5.74) is 0.219. The zero-order valence-electron chi connectivity index (χ0n) is 10.7. The molecule has 2 aliphatic carbocycles. The molecule has 19 heavy (non-hydrogen) atoms. The average molecular weight is 325 g/mol. The van der Waals surface area contributed by atoms with Gasteiger partial charge in [-0.15, -0.1) is 0 Å². The van der Waals surface area contributed by atoms with Gasteiger partial charge in [-0.2, -0.15) is 0 Å². The number of carbonyl (C=O) groups is 1. The Morgan fingerprint density at radius 2 is 2.05 bits per heavy atom. The van der Waals surface area contributed by atoms with Crippen molar-refractivity contribution in [2.45, 2.75) is 50.0 Å². The van der Waals surface area contributed by atoms with Crippen molar-refractivity contribution in [3.8, 4) is 5.75 Å². The molecule has 2 aliphatic rings. The predicted octanol–water partition coefficient (Wildman–Crippen LogP) is 3.89. The Balaban J connectivity index is 1.84. The fourth-order valence-electron chi connectivity index (χ4n) is 2.72. The Morgan fingerprint density at radius 3 is 2.47 bits per heavy atom. The highest BCUT2D eigenvalue weighted by Gasteiger charge is 2.46. The number of hydrogen-bond donors (Lipinski definition) is 1. The number of halogens is 1. The molecule has 3 nitrogen and oxygen atoms in total. The summed E-state index contributed by atoms with van der Waals surface area (Å²) < 4.78 is 6.73. The number of carboxylic acid groups (broad SMARTS) is 1. The third kappa shape index (κ3) is 2.16. The Bertz CT molecular complexity index is 504. The van der Waals surface area contributed by atoms with Crippen molar-refractivity contribution >= 4 is 21.9 Å². The molecule has 0 radical (unpaired) electrons. The van der Waals surface area contributed by atoms with Crippen LogP contribution in [0.1, 0.15) is 44.1 Å². The van der Waals surface area contributed by atoms with Crippen LogP contribution in [0.25, 0.3) is 0 Å². The molecule has 0 heterocycles. The first-order valence-electron chi connectivity index (χ1n) is 6.82. The zero-order chi connectivity index (χ0) is 13.5. The smallest absolute Gasteiger partial charge is 0.314 e. The molecule has 0 spiro atoms. The maximum absolute atomic E-state index is 11.5. The van der Waals surface area contributed by atoms with Crippen molar-refractivity contribution in [3.05, 3.63) is 28.2 Å². The van der Waals surface area contributed by atoms with Crippen molar-refractivity contribution in [2.24, 2.45) is 0 Å². The predicted molar refractivity (Wildman–Crippen MR) is 75.6 cm³/mol. The van der Waals surface area contributed by atoms with Crippen LogP contribution in [0.4, 0.5) is 0 Å². The van der Waals surface area contributed by atoms with Crippen LogP contribution < -0.4 is 4.74 Å². The van der Waals surface area contributed by atoms with Crippen LogP contribution >= 0.6 is 15.9 Å². The number of hydrogen-bond acceptors (Lipinski definition) is 2. The van der Waals surface area contributed by atoms with Crippen molar-refractivity contribution in [1.82, 2.24) is 0 Å². The van der Waals surface area contributed by atoms with Gasteiger partial charge in [0.15, 0.2) is 0 Å². The quantitative estimate of drug-likeness (QED) is 0.914. The van der Waals surface area contributed by atoms with Gasteiger partial charge in [-0.05, 0) is 65.7 Å². The molecular weight excluding hydrogens is 308 g/mol. The summed E-state index contributed by atoms with van der Waals surface area (Å²) in [4.78, 5) is 11.5. The van der Waals surface area contributed by atoms with Gasteiger partial charge >= 0.3 is 5.97 Å². The van der Waals surface area contributed by atoms with Gasteiger partial charge in [0.05, 0.1) is 16.0 Å². The summed E-state index contributed by atoms with van der Waals surface area (Å²) in [5, 5.41) is 9.44. The molecule has 1 aromatic rings. The van der Waals surface area contributed by atoms with Gasteiger partial charge in [-0.3, -0.25) is 4.79 Å². The van der Waals surface area contributed by atoms with Crippen LogP contribution in [-0.4, -0.2) is 17.2 Å². The maximum Gasteiger partial charge on any atom is 0.314 e. The molecular formula is C15H17BrO3. The fourth-order valence-corrected chi connectivity index (χ4v) is 3.19.